The molecule has 0 spiro atoms. The number of aryl methyl sites for hydroxylation is 1. The van der Waals surface area contributed by atoms with Crippen molar-refractivity contribution < 1.29 is 4.74 Å². The van der Waals surface area contributed by atoms with Crippen LogP contribution in [0, 0.1) is 18.3 Å². The number of benzene rings is 2. The van der Waals surface area contributed by atoms with Crippen molar-refractivity contribution in [2.45, 2.75) is 33.4 Å². The molecule has 21 heavy (non-hydrogen) atoms. The Hall–Kier alpha value is -2.47. The summed E-state index contributed by atoms with van der Waals surface area (Å²) in [4.78, 5) is 0. The molecule has 0 aliphatic rings. The first-order valence-corrected chi connectivity index (χ1v) is 7.08. The van der Waals surface area contributed by atoms with Crippen LogP contribution in [0.4, 0.5) is 5.69 Å². The van der Waals surface area contributed by atoms with Gasteiger partial charge in [-0.3, -0.25) is 0 Å². The van der Waals surface area contributed by atoms with Gasteiger partial charge in [-0.1, -0.05) is 6.07 Å². The maximum Gasteiger partial charge on any atom is 0.119 e. The normalized spacial score (nSPS) is 10.2. The van der Waals surface area contributed by atoms with Crippen molar-refractivity contribution >= 4 is 5.69 Å². The molecule has 3 nitrogen and oxygen atoms in total. The van der Waals surface area contributed by atoms with E-state index in [1.807, 2.05) is 63.2 Å². The van der Waals surface area contributed by atoms with Crippen LogP contribution >= 0.6 is 0 Å². The van der Waals surface area contributed by atoms with Crippen molar-refractivity contribution in [1.82, 2.24) is 0 Å². The van der Waals surface area contributed by atoms with Crippen molar-refractivity contribution in [3.05, 3.63) is 59.2 Å². The van der Waals surface area contributed by atoms with Crippen LogP contribution in [0.15, 0.2) is 42.5 Å². The molecule has 2 rings (SSSR count). The van der Waals surface area contributed by atoms with E-state index in [1.165, 1.54) is 5.56 Å². The summed E-state index contributed by atoms with van der Waals surface area (Å²) in [5.74, 6) is 0.880. The Morgan fingerprint density at radius 2 is 1.86 bits per heavy atom. The molecule has 0 radical (unpaired) electrons. The fraction of sp³-hybridized carbons (Fsp3) is 0.278. The fourth-order valence-electron chi connectivity index (χ4n) is 2.08. The highest BCUT2D eigenvalue weighted by atomic mass is 16.5. The minimum atomic E-state index is 0.185. The zero-order chi connectivity index (χ0) is 15.2. The third kappa shape index (κ3) is 4.25. The molecule has 0 atom stereocenters. The number of nitrogens with one attached hydrogen (secondary N) is 1. The lowest BCUT2D eigenvalue weighted by molar-refractivity contribution is 0.242. The van der Waals surface area contributed by atoms with Crippen LogP contribution in [-0.4, -0.2) is 6.10 Å². The molecule has 108 valence electrons. The van der Waals surface area contributed by atoms with Crippen molar-refractivity contribution in [3.63, 3.8) is 0 Å². The molecule has 3 heteroatoms. The number of anilines is 1. The van der Waals surface area contributed by atoms with Gasteiger partial charge in [0.1, 0.15) is 5.75 Å². The summed E-state index contributed by atoms with van der Waals surface area (Å²) >= 11 is 0. The Morgan fingerprint density at radius 3 is 2.43 bits per heavy atom. The van der Waals surface area contributed by atoms with E-state index in [2.05, 4.69) is 11.4 Å². The third-order valence-electron chi connectivity index (χ3n) is 3.18. The number of hydrogen-bond acceptors (Lipinski definition) is 3. The van der Waals surface area contributed by atoms with E-state index >= 15 is 0 Å². The Bertz CT molecular complexity index is 639. The smallest absolute Gasteiger partial charge is 0.119 e. The summed E-state index contributed by atoms with van der Waals surface area (Å²) in [6.45, 7) is 6.79. The second-order valence-corrected chi connectivity index (χ2v) is 5.30. The number of rotatable bonds is 5. The van der Waals surface area contributed by atoms with Crippen LogP contribution in [0.3, 0.4) is 0 Å². The van der Waals surface area contributed by atoms with Crippen LogP contribution in [0.2, 0.25) is 0 Å². The van der Waals surface area contributed by atoms with Gasteiger partial charge in [-0.15, -0.1) is 0 Å². The van der Waals surface area contributed by atoms with Crippen LogP contribution in [0.25, 0.3) is 0 Å². The third-order valence-corrected chi connectivity index (χ3v) is 3.18. The van der Waals surface area contributed by atoms with E-state index in [0.29, 0.717) is 5.56 Å². The van der Waals surface area contributed by atoms with Gasteiger partial charge in [0, 0.05) is 12.2 Å². The first-order chi connectivity index (χ1) is 10.1. The average molecular weight is 280 g/mol. The van der Waals surface area contributed by atoms with Gasteiger partial charge in [0.2, 0.25) is 0 Å². The van der Waals surface area contributed by atoms with E-state index in [4.69, 9.17) is 10.00 Å². The highest BCUT2D eigenvalue weighted by Gasteiger charge is 2.01. The van der Waals surface area contributed by atoms with Crippen LogP contribution < -0.4 is 10.1 Å². The lowest BCUT2D eigenvalue weighted by Crippen LogP contribution is -2.05. The van der Waals surface area contributed by atoms with Crippen molar-refractivity contribution in [1.29, 1.82) is 5.26 Å². The Morgan fingerprint density at radius 1 is 1.14 bits per heavy atom. The largest absolute Gasteiger partial charge is 0.491 e. The second-order valence-electron chi connectivity index (χ2n) is 5.30. The monoisotopic (exact) mass is 280 g/mol. The van der Waals surface area contributed by atoms with Gasteiger partial charge < -0.3 is 10.1 Å². The molecule has 0 bridgehead atoms. The summed E-state index contributed by atoms with van der Waals surface area (Å²) in [5.41, 5.74) is 4.07. The van der Waals surface area contributed by atoms with Gasteiger partial charge in [-0.05, 0) is 68.3 Å². The lowest BCUT2D eigenvalue weighted by Gasteiger charge is -2.12. The van der Waals surface area contributed by atoms with E-state index < -0.39 is 0 Å². The highest BCUT2D eigenvalue weighted by Crippen LogP contribution is 2.18. The molecule has 0 aromatic heterocycles. The summed E-state index contributed by atoms with van der Waals surface area (Å²) < 4.78 is 5.62. The summed E-state index contributed by atoms with van der Waals surface area (Å²) in [5, 5.41) is 12.3. The van der Waals surface area contributed by atoms with E-state index in [-0.39, 0.29) is 6.10 Å². The highest BCUT2D eigenvalue weighted by molar-refractivity contribution is 5.47. The quantitative estimate of drug-likeness (QED) is 0.889. The minimum absolute atomic E-state index is 0.185. The second kappa shape index (κ2) is 6.81. The molecule has 0 aliphatic carbocycles. The molecular weight excluding hydrogens is 260 g/mol. The van der Waals surface area contributed by atoms with Gasteiger partial charge >= 0.3 is 0 Å². The van der Waals surface area contributed by atoms with Crippen LogP contribution in [0.1, 0.15) is 30.5 Å². The predicted molar refractivity (Wildman–Crippen MR) is 85.4 cm³/mol. The van der Waals surface area contributed by atoms with Gasteiger partial charge in [-0.2, -0.15) is 5.26 Å². The molecule has 0 fully saturated rings. The molecule has 2 aromatic rings. The number of ether oxygens (including phenoxy) is 1. The summed E-state index contributed by atoms with van der Waals surface area (Å²) in [7, 11) is 0. The molecule has 0 unspecified atom stereocenters. The Labute approximate surface area is 126 Å². The summed E-state index contributed by atoms with van der Waals surface area (Å²) in [6.07, 6.45) is 0.185. The molecule has 0 aliphatic heterocycles. The number of nitriles is 1. The van der Waals surface area contributed by atoms with E-state index in [1.54, 1.807) is 0 Å². The standard InChI is InChI=1S/C18H20N2O/c1-13(2)21-18-8-6-17(7-9-18)20-12-16-5-4-15(11-19)10-14(16)3/h4-10,13,20H,12H2,1-3H3. The van der Waals surface area contributed by atoms with Gasteiger partial charge in [-0.25, -0.2) is 0 Å². The van der Waals surface area contributed by atoms with Crippen molar-refractivity contribution in [3.8, 4) is 11.8 Å². The molecule has 0 heterocycles. The lowest BCUT2D eigenvalue weighted by atomic mass is 10.1. The first kappa shape index (κ1) is 14.9. The maximum absolute atomic E-state index is 8.87. The SMILES string of the molecule is Cc1cc(C#N)ccc1CNc1ccc(OC(C)C)cc1. The predicted octanol–water partition coefficient (Wildman–Crippen LogP) is 4.27. The maximum atomic E-state index is 8.87. The van der Waals surface area contributed by atoms with Crippen molar-refractivity contribution in [2.75, 3.05) is 5.32 Å². The fourth-order valence-corrected chi connectivity index (χ4v) is 2.08. The Balaban J connectivity index is 1.98. The number of nitrogens with zero attached hydrogens (tertiary/aromatic N) is 1. The Kier molecular flexibility index (Phi) is 4.84. The summed E-state index contributed by atoms with van der Waals surface area (Å²) in [6, 6.07) is 15.9. The molecule has 0 amide bonds. The van der Waals surface area contributed by atoms with Crippen LogP contribution in [-0.2, 0) is 6.54 Å². The molecule has 0 saturated carbocycles. The van der Waals surface area contributed by atoms with Gasteiger partial charge in [0.25, 0.3) is 0 Å². The van der Waals surface area contributed by atoms with Gasteiger partial charge in [0.05, 0.1) is 17.7 Å². The first-order valence-electron chi connectivity index (χ1n) is 7.08. The number of hydrogen-bond donors (Lipinski definition) is 1. The van der Waals surface area contributed by atoms with Crippen LogP contribution in [0.5, 0.6) is 5.75 Å². The molecule has 0 saturated heterocycles. The molecule has 1 N–H and O–H groups in total. The average Bonchev–Trinajstić information content (AvgIpc) is 2.47. The van der Waals surface area contributed by atoms with E-state index in [0.717, 1.165) is 23.5 Å². The van der Waals surface area contributed by atoms with Crippen molar-refractivity contribution in [2.24, 2.45) is 0 Å². The zero-order valence-corrected chi connectivity index (χ0v) is 12.7. The molecular formula is C18H20N2O. The van der Waals surface area contributed by atoms with E-state index in [9.17, 15) is 0 Å². The minimum Gasteiger partial charge on any atom is -0.491 e. The van der Waals surface area contributed by atoms with Gasteiger partial charge in [0.15, 0.2) is 0 Å². The molecule has 2 aromatic carbocycles. The zero-order valence-electron chi connectivity index (χ0n) is 12.7. The topological polar surface area (TPSA) is 45.0 Å².